The van der Waals surface area contributed by atoms with Gasteiger partial charge in [0.2, 0.25) is 5.89 Å². The van der Waals surface area contributed by atoms with Gasteiger partial charge < -0.3 is 18.8 Å². The number of benzene rings is 3. The maximum Gasteiger partial charge on any atom is 0.442 e. The van der Waals surface area contributed by atoms with Gasteiger partial charge in [0.1, 0.15) is 12.4 Å². The molecule has 2 heterocycles. The Morgan fingerprint density at radius 3 is 2.42 bits per heavy atom. The second-order valence-electron chi connectivity index (χ2n) is 10.1. The van der Waals surface area contributed by atoms with Gasteiger partial charge in [0.15, 0.2) is 6.61 Å². The van der Waals surface area contributed by atoms with Crippen LogP contribution in [0.15, 0.2) is 75.9 Å². The van der Waals surface area contributed by atoms with Crippen LogP contribution in [-0.2, 0) is 10.2 Å². The van der Waals surface area contributed by atoms with Gasteiger partial charge in [-0.3, -0.25) is 4.79 Å². The summed E-state index contributed by atoms with van der Waals surface area (Å²) >= 11 is 13.6. The van der Waals surface area contributed by atoms with E-state index in [2.05, 4.69) is 16.0 Å². The molecule has 0 aliphatic heterocycles. The number of ether oxygens (including phenoxy) is 2. The molecule has 0 fully saturated rings. The van der Waals surface area contributed by atoms with Crippen molar-refractivity contribution >= 4 is 56.3 Å². The largest absolute Gasteiger partial charge is 0.479 e. The highest BCUT2D eigenvalue weighted by Crippen LogP contribution is 2.33. The third-order valence-corrected chi connectivity index (χ3v) is 7.39. The van der Waals surface area contributed by atoms with Crippen LogP contribution in [0.4, 0.5) is 5.69 Å². The number of fused-ring (bicyclic) bond motifs is 1. The highest BCUT2D eigenvalue weighted by atomic mass is 35.5. The van der Waals surface area contributed by atoms with Crippen molar-refractivity contribution in [2.24, 2.45) is 0 Å². The number of terminal acetylenes is 1. The Labute approximate surface area is 262 Å². The van der Waals surface area contributed by atoms with Gasteiger partial charge in [-0.25, -0.2) is 9.78 Å². The normalized spacial score (nSPS) is 10.9. The number of rotatable bonds is 7. The smallest absolute Gasteiger partial charge is 0.442 e. The summed E-state index contributed by atoms with van der Waals surface area (Å²) in [6, 6.07) is 20.2. The number of aromatic nitrogens is 3. The average molecular weight is 640 g/mol. The number of carbonyl (C=O) groups excluding carboxylic acids is 1. The van der Waals surface area contributed by atoms with Gasteiger partial charge in [0.05, 0.1) is 25.9 Å². The van der Waals surface area contributed by atoms with Gasteiger partial charge in [-0.1, -0.05) is 91.6 Å². The lowest BCUT2D eigenvalue weighted by Crippen LogP contribution is -2.31. The molecule has 0 aliphatic rings. The summed E-state index contributed by atoms with van der Waals surface area (Å²) in [5.74, 6) is 2.20. The van der Waals surface area contributed by atoms with E-state index in [-0.39, 0.29) is 29.2 Å². The van der Waals surface area contributed by atoms with E-state index in [4.69, 9.17) is 43.5 Å². The third-order valence-electron chi connectivity index (χ3n) is 5.84. The zero-order valence-electron chi connectivity index (χ0n) is 23.8. The summed E-state index contributed by atoms with van der Waals surface area (Å²) in [6.07, 6.45) is 5.15. The molecule has 5 rings (SSSR count). The number of halogens is 2. The molecule has 43 heavy (non-hydrogen) atoms. The SMILES string of the molecule is C#CCOc1cc(-n2nc(C(C)(C)C)oc2=O)c(Cl)cc1Cl.CN(C(=O)COc1nc2ccccc2s1)c1ccccc1. The van der Waals surface area contributed by atoms with E-state index in [1.165, 1.54) is 23.5 Å². The van der Waals surface area contributed by atoms with Crippen LogP contribution in [0.1, 0.15) is 26.7 Å². The predicted octanol–water partition coefficient (Wildman–Crippen LogP) is 6.78. The first kappa shape index (κ1) is 31.6. The van der Waals surface area contributed by atoms with E-state index in [0.29, 0.717) is 22.5 Å². The topological polar surface area (TPSA) is 99.7 Å². The van der Waals surface area contributed by atoms with E-state index in [0.717, 1.165) is 20.6 Å². The van der Waals surface area contributed by atoms with Crippen molar-refractivity contribution in [2.75, 3.05) is 25.2 Å². The fraction of sp³-hybridized carbons (Fsp3) is 0.226. The third kappa shape index (κ3) is 7.96. The lowest BCUT2D eigenvalue weighted by molar-refractivity contribution is -0.120. The molecule has 1 amide bonds. The summed E-state index contributed by atoms with van der Waals surface area (Å²) in [5.41, 5.74) is 1.63. The number of amides is 1. The molecule has 0 saturated heterocycles. The molecule has 0 unspecified atom stereocenters. The molecule has 9 nitrogen and oxygen atoms in total. The zero-order chi connectivity index (χ0) is 31.1. The number of anilines is 1. The highest BCUT2D eigenvalue weighted by molar-refractivity contribution is 7.20. The molecule has 5 aromatic rings. The lowest BCUT2D eigenvalue weighted by atomic mass is 9.97. The van der Waals surface area contributed by atoms with Crippen LogP contribution in [0.3, 0.4) is 0 Å². The molecule has 0 saturated carbocycles. The molecule has 3 aromatic carbocycles. The Hall–Kier alpha value is -4.30. The van der Waals surface area contributed by atoms with Crippen LogP contribution in [0, 0.1) is 12.3 Å². The molecular formula is C31H28Cl2N4O5S. The minimum Gasteiger partial charge on any atom is -0.479 e. The summed E-state index contributed by atoms with van der Waals surface area (Å²) in [6.45, 7) is 5.67. The van der Waals surface area contributed by atoms with Crippen LogP contribution < -0.4 is 20.1 Å². The Kier molecular flexibility index (Phi) is 10.1. The molecule has 0 aliphatic carbocycles. The number of hydrogen-bond acceptors (Lipinski definition) is 8. The van der Waals surface area contributed by atoms with Crippen LogP contribution in [0.25, 0.3) is 15.9 Å². The molecule has 0 bridgehead atoms. The van der Waals surface area contributed by atoms with Crippen molar-refractivity contribution in [1.82, 2.24) is 14.8 Å². The minimum absolute atomic E-state index is 0.0226. The average Bonchev–Trinajstić information content (AvgIpc) is 3.59. The first-order valence-electron chi connectivity index (χ1n) is 12.9. The standard InChI is InChI=1S/C16H14N2O2S.C15H14Cl2N2O3/c1-18(12-7-3-2-4-8-12)15(19)11-20-16-17-13-9-5-6-10-14(13)21-16;1-5-6-21-12-8-11(9(16)7-10(12)17)19-14(20)22-13(18-19)15(2,3)4/h2-10H,11H2,1H3;1,7-8H,6H2,2-4H3. The van der Waals surface area contributed by atoms with Crippen LogP contribution in [0.5, 0.6) is 10.9 Å². The summed E-state index contributed by atoms with van der Waals surface area (Å²) in [5, 5.41) is 5.23. The van der Waals surface area contributed by atoms with Crippen molar-refractivity contribution in [3.05, 3.63) is 93.2 Å². The van der Waals surface area contributed by atoms with Gasteiger partial charge in [0.25, 0.3) is 11.1 Å². The second-order valence-corrected chi connectivity index (χ2v) is 11.9. The molecule has 2 aromatic heterocycles. The fourth-order valence-electron chi connectivity index (χ4n) is 3.57. The van der Waals surface area contributed by atoms with Crippen molar-refractivity contribution in [3.63, 3.8) is 0 Å². The Bertz CT molecular complexity index is 1790. The van der Waals surface area contributed by atoms with Gasteiger partial charge >= 0.3 is 5.76 Å². The van der Waals surface area contributed by atoms with Crippen LogP contribution in [0.2, 0.25) is 10.0 Å². The van der Waals surface area contributed by atoms with Gasteiger partial charge in [0, 0.05) is 24.2 Å². The van der Waals surface area contributed by atoms with E-state index < -0.39 is 11.2 Å². The van der Waals surface area contributed by atoms with Crippen molar-refractivity contribution < 1.29 is 18.7 Å². The quantitative estimate of drug-likeness (QED) is 0.181. The van der Waals surface area contributed by atoms with E-state index in [1.54, 1.807) is 11.9 Å². The van der Waals surface area contributed by atoms with Crippen molar-refractivity contribution in [3.8, 4) is 29.0 Å². The molecule has 0 spiro atoms. The summed E-state index contributed by atoms with van der Waals surface area (Å²) in [7, 11) is 1.74. The molecule has 12 heteroatoms. The highest BCUT2D eigenvalue weighted by Gasteiger charge is 2.24. The number of hydrogen-bond donors (Lipinski definition) is 0. The fourth-order valence-corrected chi connectivity index (χ4v) is 4.91. The van der Waals surface area contributed by atoms with E-state index in [9.17, 15) is 9.59 Å². The number of nitrogens with zero attached hydrogens (tertiary/aromatic N) is 4. The maximum absolute atomic E-state index is 12.1. The minimum atomic E-state index is -0.642. The Balaban J connectivity index is 0.000000197. The first-order valence-corrected chi connectivity index (χ1v) is 14.5. The molecule has 0 N–H and O–H groups in total. The van der Waals surface area contributed by atoms with E-state index >= 15 is 0 Å². The first-order chi connectivity index (χ1) is 20.5. The van der Waals surface area contributed by atoms with Gasteiger partial charge in [-0.05, 0) is 30.3 Å². The lowest BCUT2D eigenvalue weighted by Gasteiger charge is -2.16. The molecule has 0 radical (unpaired) electrons. The Morgan fingerprint density at radius 1 is 1.07 bits per heavy atom. The molecular weight excluding hydrogens is 611 g/mol. The van der Waals surface area contributed by atoms with Crippen molar-refractivity contribution in [1.29, 1.82) is 0 Å². The Morgan fingerprint density at radius 2 is 1.77 bits per heavy atom. The number of para-hydroxylation sites is 2. The number of thiazole rings is 1. The van der Waals surface area contributed by atoms with Gasteiger partial charge in [-0.2, -0.15) is 4.68 Å². The van der Waals surface area contributed by atoms with Crippen LogP contribution in [-0.4, -0.2) is 40.9 Å². The molecule has 0 atom stereocenters. The second kappa shape index (κ2) is 13.8. The van der Waals surface area contributed by atoms with Crippen LogP contribution >= 0.6 is 34.5 Å². The maximum atomic E-state index is 12.1. The number of likely N-dealkylation sites (N-methyl/N-ethyl adjacent to an activating group) is 1. The predicted molar refractivity (Wildman–Crippen MR) is 170 cm³/mol. The van der Waals surface area contributed by atoms with Gasteiger partial charge in [-0.15, -0.1) is 11.5 Å². The van der Waals surface area contributed by atoms with E-state index in [1.807, 2.05) is 75.4 Å². The molecule has 222 valence electrons. The summed E-state index contributed by atoms with van der Waals surface area (Å²) in [4.78, 5) is 30.0. The van der Waals surface area contributed by atoms with Crippen molar-refractivity contribution in [2.45, 2.75) is 26.2 Å². The summed E-state index contributed by atoms with van der Waals surface area (Å²) < 4.78 is 18.1. The monoisotopic (exact) mass is 638 g/mol. The number of carbonyl (C=O) groups is 1. The zero-order valence-corrected chi connectivity index (χ0v) is 26.2.